The van der Waals surface area contributed by atoms with Gasteiger partial charge in [-0.05, 0) is 51.0 Å². The van der Waals surface area contributed by atoms with Gasteiger partial charge in [0, 0.05) is 31.4 Å². The second-order valence-corrected chi connectivity index (χ2v) is 6.79. The molecule has 1 saturated heterocycles. The Morgan fingerprint density at radius 1 is 1.33 bits per heavy atom. The average Bonchev–Trinajstić information content (AvgIpc) is 3.21. The largest absolute Gasteiger partial charge is 0.467 e. The van der Waals surface area contributed by atoms with Crippen LogP contribution >= 0.6 is 0 Å². The predicted octanol–water partition coefficient (Wildman–Crippen LogP) is 2.24. The van der Waals surface area contributed by atoms with Crippen molar-refractivity contribution in [3.63, 3.8) is 0 Å². The number of pyridine rings is 1. The zero-order valence-electron chi connectivity index (χ0n) is 16.1. The predicted molar refractivity (Wildman–Crippen MR) is 107 cm³/mol. The smallest absolute Gasteiger partial charge is 0.191 e. The van der Waals surface area contributed by atoms with Crippen LogP contribution < -0.4 is 15.5 Å². The number of anilines is 1. The topological polar surface area (TPSA) is 85.9 Å². The highest BCUT2D eigenvalue weighted by Crippen LogP contribution is 2.18. The number of aryl methyl sites for hydroxylation is 1. The van der Waals surface area contributed by atoms with Crippen molar-refractivity contribution < 1.29 is 9.52 Å². The number of aliphatic imine (C=N–C) groups is 1. The Labute approximate surface area is 160 Å². The summed E-state index contributed by atoms with van der Waals surface area (Å²) in [5.41, 5.74) is 1.05. The normalized spacial score (nSPS) is 17.0. The molecular weight excluding hydrogens is 342 g/mol. The maximum Gasteiger partial charge on any atom is 0.191 e. The Bertz CT molecular complexity index is 724. The van der Waals surface area contributed by atoms with Crippen molar-refractivity contribution in [1.82, 2.24) is 15.6 Å². The zero-order chi connectivity index (χ0) is 19.1. The number of aliphatic hydroxyl groups excluding tert-OH is 1. The molecule has 2 aromatic rings. The highest BCUT2D eigenvalue weighted by atomic mass is 16.4. The SMILES string of the molecule is CCNC(=NCC(O)c1ccco1)NC1CCN(c2cccc(C)n2)CC1. The third kappa shape index (κ3) is 5.47. The quantitative estimate of drug-likeness (QED) is 0.533. The molecule has 3 heterocycles. The lowest BCUT2D eigenvalue weighted by Crippen LogP contribution is -2.49. The minimum Gasteiger partial charge on any atom is -0.467 e. The van der Waals surface area contributed by atoms with Crippen LogP contribution in [0, 0.1) is 6.92 Å². The molecule has 0 aliphatic carbocycles. The van der Waals surface area contributed by atoms with Gasteiger partial charge in [-0.3, -0.25) is 4.99 Å². The molecule has 0 spiro atoms. The maximum absolute atomic E-state index is 10.1. The van der Waals surface area contributed by atoms with Gasteiger partial charge in [-0.15, -0.1) is 0 Å². The van der Waals surface area contributed by atoms with Crippen molar-refractivity contribution in [2.75, 3.05) is 31.1 Å². The number of guanidine groups is 1. The van der Waals surface area contributed by atoms with Gasteiger partial charge in [-0.2, -0.15) is 0 Å². The lowest BCUT2D eigenvalue weighted by atomic mass is 10.1. The van der Waals surface area contributed by atoms with E-state index in [1.54, 1.807) is 18.4 Å². The Balaban J connectivity index is 1.52. The van der Waals surface area contributed by atoms with E-state index in [-0.39, 0.29) is 6.54 Å². The van der Waals surface area contributed by atoms with Crippen molar-refractivity contribution in [3.8, 4) is 0 Å². The number of furan rings is 1. The van der Waals surface area contributed by atoms with E-state index in [0.717, 1.165) is 49.9 Å². The average molecular weight is 371 g/mol. The first-order valence-corrected chi connectivity index (χ1v) is 9.60. The van der Waals surface area contributed by atoms with Crippen LogP contribution in [0.4, 0.5) is 5.82 Å². The van der Waals surface area contributed by atoms with Crippen molar-refractivity contribution in [1.29, 1.82) is 0 Å². The van der Waals surface area contributed by atoms with Gasteiger partial charge in [0.1, 0.15) is 17.7 Å². The molecule has 0 amide bonds. The van der Waals surface area contributed by atoms with Crippen molar-refractivity contribution >= 4 is 11.8 Å². The highest BCUT2D eigenvalue weighted by molar-refractivity contribution is 5.80. The van der Waals surface area contributed by atoms with Gasteiger partial charge < -0.3 is 25.1 Å². The number of hydrogen-bond donors (Lipinski definition) is 3. The molecular formula is C20H29N5O2. The molecule has 0 radical (unpaired) electrons. The summed E-state index contributed by atoms with van der Waals surface area (Å²) in [5, 5.41) is 16.9. The van der Waals surface area contributed by atoms with E-state index in [2.05, 4.69) is 37.6 Å². The van der Waals surface area contributed by atoms with Crippen molar-refractivity contribution in [2.45, 2.75) is 38.8 Å². The second kappa shape index (κ2) is 9.41. The van der Waals surface area contributed by atoms with Crippen LogP contribution in [0.3, 0.4) is 0 Å². The minimum absolute atomic E-state index is 0.259. The van der Waals surface area contributed by atoms with Crippen LogP contribution in [0.2, 0.25) is 0 Å². The monoisotopic (exact) mass is 371 g/mol. The first kappa shape index (κ1) is 19.2. The maximum atomic E-state index is 10.1. The fourth-order valence-corrected chi connectivity index (χ4v) is 3.22. The van der Waals surface area contributed by atoms with Gasteiger partial charge in [0.05, 0.1) is 12.8 Å². The number of piperidine rings is 1. The van der Waals surface area contributed by atoms with E-state index in [9.17, 15) is 5.11 Å². The number of nitrogens with one attached hydrogen (secondary N) is 2. The summed E-state index contributed by atoms with van der Waals surface area (Å²) in [6, 6.07) is 10.0. The third-order valence-electron chi connectivity index (χ3n) is 4.67. The van der Waals surface area contributed by atoms with E-state index >= 15 is 0 Å². The summed E-state index contributed by atoms with van der Waals surface area (Å²) in [5.74, 6) is 2.32. The van der Waals surface area contributed by atoms with Crippen LogP contribution in [0.15, 0.2) is 46.0 Å². The van der Waals surface area contributed by atoms with E-state index in [0.29, 0.717) is 11.8 Å². The van der Waals surface area contributed by atoms with E-state index in [1.165, 1.54) is 0 Å². The summed E-state index contributed by atoms with van der Waals surface area (Å²) in [4.78, 5) is 11.5. The lowest BCUT2D eigenvalue weighted by Gasteiger charge is -2.34. The minimum atomic E-state index is -0.732. The summed E-state index contributed by atoms with van der Waals surface area (Å²) in [7, 11) is 0. The molecule has 7 heteroatoms. The number of rotatable bonds is 6. The molecule has 1 atom stereocenters. The molecule has 0 bridgehead atoms. The molecule has 0 aromatic carbocycles. The standard InChI is InChI=1S/C20H29N5O2/c1-3-21-20(22-14-17(26)18-7-5-13-27-18)24-16-9-11-25(12-10-16)19-8-4-6-15(2)23-19/h4-8,13,16-17,26H,3,9-12,14H2,1-2H3,(H2,21,22,24). The fourth-order valence-electron chi connectivity index (χ4n) is 3.22. The molecule has 3 rings (SSSR count). The molecule has 1 aliphatic rings. The van der Waals surface area contributed by atoms with Gasteiger partial charge in [-0.25, -0.2) is 4.98 Å². The number of aromatic nitrogens is 1. The Kier molecular flexibility index (Phi) is 6.70. The molecule has 1 aliphatic heterocycles. The van der Waals surface area contributed by atoms with Crippen LogP contribution in [-0.2, 0) is 0 Å². The fraction of sp³-hybridized carbons (Fsp3) is 0.500. The van der Waals surface area contributed by atoms with Crippen LogP contribution in [0.25, 0.3) is 0 Å². The van der Waals surface area contributed by atoms with Crippen LogP contribution in [0.5, 0.6) is 0 Å². The third-order valence-corrected chi connectivity index (χ3v) is 4.67. The van der Waals surface area contributed by atoms with Gasteiger partial charge in [-0.1, -0.05) is 6.07 Å². The molecule has 3 N–H and O–H groups in total. The van der Waals surface area contributed by atoms with Crippen molar-refractivity contribution in [2.24, 2.45) is 4.99 Å². The number of aliphatic hydroxyl groups is 1. The Morgan fingerprint density at radius 2 is 2.15 bits per heavy atom. The summed E-state index contributed by atoms with van der Waals surface area (Å²) >= 11 is 0. The van der Waals surface area contributed by atoms with E-state index in [1.807, 2.05) is 19.9 Å². The van der Waals surface area contributed by atoms with Gasteiger partial charge >= 0.3 is 0 Å². The molecule has 27 heavy (non-hydrogen) atoms. The first-order valence-electron chi connectivity index (χ1n) is 9.60. The molecule has 1 unspecified atom stereocenters. The van der Waals surface area contributed by atoms with Gasteiger partial charge in [0.15, 0.2) is 5.96 Å². The zero-order valence-corrected chi connectivity index (χ0v) is 16.1. The van der Waals surface area contributed by atoms with Crippen LogP contribution in [0.1, 0.15) is 37.3 Å². The number of nitrogens with zero attached hydrogens (tertiary/aromatic N) is 3. The van der Waals surface area contributed by atoms with Gasteiger partial charge in [0.2, 0.25) is 0 Å². The Hall–Kier alpha value is -2.54. The highest BCUT2D eigenvalue weighted by Gasteiger charge is 2.21. The number of hydrogen-bond acceptors (Lipinski definition) is 5. The van der Waals surface area contributed by atoms with E-state index in [4.69, 9.17) is 4.42 Å². The molecule has 146 valence electrons. The Morgan fingerprint density at radius 3 is 2.81 bits per heavy atom. The van der Waals surface area contributed by atoms with Crippen molar-refractivity contribution in [3.05, 3.63) is 48.0 Å². The second-order valence-electron chi connectivity index (χ2n) is 6.79. The summed E-state index contributed by atoms with van der Waals surface area (Å²) < 4.78 is 5.23. The summed E-state index contributed by atoms with van der Waals surface area (Å²) in [6.07, 6.45) is 2.86. The molecule has 0 saturated carbocycles. The van der Waals surface area contributed by atoms with Gasteiger partial charge in [0.25, 0.3) is 0 Å². The first-order chi connectivity index (χ1) is 13.2. The van der Waals surface area contributed by atoms with E-state index < -0.39 is 6.10 Å². The summed E-state index contributed by atoms with van der Waals surface area (Å²) in [6.45, 7) is 7.01. The molecule has 2 aromatic heterocycles. The molecule has 1 fully saturated rings. The lowest BCUT2D eigenvalue weighted by molar-refractivity contribution is 0.158. The van der Waals surface area contributed by atoms with Crippen LogP contribution in [-0.4, -0.2) is 48.3 Å². The molecule has 7 nitrogen and oxygen atoms in total.